The Kier molecular flexibility index (Phi) is 7.30. The maximum atomic E-state index is 13.4. The number of benzene rings is 2. The average Bonchev–Trinajstić information content (AvgIpc) is 3.12. The normalized spacial score (nSPS) is 10.7. The highest BCUT2D eigenvalue weighted by Gasteiger charge is 2.17. The number of hydrogen-bond acceptors (Lipinski definition) is 4. The number of hydrogen-bond donors (Lipinski definition) is 1. The predicted octanol–water partition coefficient (Wildman–Crippen LogP) is 4.53. The van der Waals surface area contributed by atoms with Crippen LogP contribution >= 0.6 is 0 Å². The smallest absolute Gasteiger partial charge is 0.222 e. The number of ether oxygens (including phenoxy) is 2. The molecule has 168 valence electrons. The molecule has 0 saturated carbocycles. The van der Waals surface area contributed by atoms with Crippen LogP contribution in [0.15, 0.2) is 48.5 Å². The third kappa shape index (κ3) is 5.17. The third-order valence-corrected chi connectivity index (χ3v) is 5.39. The number of halogens is 1. The molecule has 32 heavy (non-hydrogen) atoms. The quantitative estimate of drug-likeness (QED) is 0.499. The zero-order chi connectivity index (χ0) is 23.3. The Balaban J connectivity index is 1.71. The molecular formula is C25H27FN2O4. The molecule has 0 radical (unpaired) electrons. The number of nitrogens with one attached hydrogen (secondary N) is 1. The van der Waals surface area contributed by atoms with Crippen LogP contribution < -0.4 is 14.8 Å². The van der Waals surface area contributed by atoms with Crippen LogP contribution in [-0.4, -0.2) is 30.5 Å². The Labute approximate surface area is 187 Å². The first-order valence-corrected chi connectivity index (χ1v) is 10.3. The summed E-state index contributed by atoms with van der Waals surface area (Å²) < 4.78 is 25.8. The van der Waals surface area contributed by atoms with Crippen LogP contribution in [0.5, 0.6) is 11.5 Å². The van der Waals surface area contributed by atoms with Gasteiger partial charge in [0.05, 0.1) is 14.2 Å². The van der Waals surface area contributed by atoms with Gasteiger partial charge in [0, 0.05) is 36.5 Å². The van der Waals surface area contributed by atoms with Gasteiger partial charge in [-0.2, -0.15) is 0 Å². The lowest BCUT2D eigenvalue weighted by molar-refractivity contribution is -0.121. The van der Waals surface area contributed by atoms with Crippen molar-refractivity contribution in [3.05, 3.63) is 71.2 Å². The number of carbonyl (C=O) groups excluding carboxylic acids is 2. The van der Waals surface area contributed by atoms with E-state index >= 15 is 0 Å². The highest BCUT2D eigenvalue weighted by atomic mass is 19.1. The van der Waals surface area contributed by atoms with Crippen molar-refractivity contribution in [3.63, 3.8) is 0 Å². The topological polar surface area (TPSA) is 69.6 Å². The van der Waals surface area contributed by atoms with E-state index in [0.29, 0.717) is 30.2 Å². The van der Waals surface area contributed by atoms with Gasteiger partial charge in [0.2, 0.25) is 5.91 Å². The van der Waals surface area contributed by atoms with Gasteiger partial charge in [0.25, 0.3) is 0 Å². The second kappa shape index (κ2) is 10.1. The molecule has 0 atom stereocenters. The molecule has 3 rings (SSSR count). The number of amides is 1. The lowest BCUT2D eigenvalue weighted by Gasteiger charge is -2.13. The average molecular weight is 438 g/mol. The highest BCUT2D eigenvalue weighted by molar-refractivity contribution is 5.96. The fourth-order valence-corrected chi connectivity index (χ4v) is 3.64. The number of Topliss-reactive ketones (excluding diaryl/α,β-unsaturated/α-hetero) is 1. The summed E-state index contributed by atoms with van der Waals surface area (Å²) in [4.78, 5) is 24.6. The Morgan fingerprint density at radius 3 is 2.31 bits per heavy atom. The summed E-state index contributed by atoms with van der Waals surface area (Å²) in [6, 6.07) is 13.4. The Bertz CT molecular complexity index is 1120. The zero-order valence-electron chi connectivity index (χ0n) is 18.7. The molecular weight excluding hydrogens is 411 g/mol. The summed E-state index contributed by atoms with van der Waals surface area (Å²) in [5.41, 5.74) is 3.83. The summed E-state index contributed by atoms with van der Waals surface area (Å²) in [5, 5.41) is 2.91. The second-order valence-corrected chi connectivity index (χ2v) is 7.46. The van der Waals surface area contributed by atoms with Crippen LogP contribution in [0.2, 0.25) is 0 Å². The number of aromatic nitrogens is 1. The summed E-state index contributed by atoms with van der Waals surface area (Å²) in [6.45, 7) is 4.11. The van der Waals surface area contributed by atoms with Gasteiger partial charge in [-0.05, 0) is 67.4 Å². The molecule has 0 fully saturated rings. The number of ketones is 1. The molecule has 6 nitrogen and oxygen atoms in total. The van der Waals surface area contributed by atoms with E-state index in [4.69, 9.17) is 9.47 Å². The minimum atomic E-state index is -0.329. The molecule has 0 bridgehead atoms. The van der Waals surface area contributed by atoms with Gasteiger partial charge in [-0.3, -0.25) is 9.59 Å². The first-order valence-electron chi connectivity index (χ1n) is 10.3. The number of rotatable bonds is 9. The van der Waals surface area contributed by atoms with E-state index in [-0.39, 0.29) is 23.9 Å². The van der Waals surface area contributed by atoms with Crippen LogP contribution in [0.4, 0.5) is 4.39 Å². The van der Waals surface area contributed by atoms with Crippen molar-refractivity contribution in [1.29, 1.82) is 0 Å². The predicted molar refractivity (Wildman–Crippen MR) is 121 cm³/mol. The van der Waals surface area contributed by atoms with Gasteiger partial charge >= 0.3 is 0 Å². The monoisotopic (exact) mass is 438 g/mol. The second-order valence-electron chi connectivity index (χ2n) is 7.46. The molecule has 3 aromatic rings. The first kappa shape index (κ1) is 23.1. The van der Waals surface area contributed by atoms with Gasteiger partial charge in [-0.25, -0.2) is 4.39 Å². The van der Waals surface area contributed by atoms with E-state index in [2.05, 4.69) is 5.32 Å². The fraction of sp³-hybridized carbons (Fsp3) is 0.280. The van der Waals surface area contributed by atoms with Crippen molar-refractivity contribution >= 4 is 11.7 Å². The van der Waals surface area contributed by atoms with Gasteiger partial charge < -0.3 is 19.4 Å². The fourth-order valence-electron chi connectivity index (χ4n) is 3.64. The maximum absolute atomic E-state index is 13.4. The Hall–Kier alpha value is -3.61. The number of carbonyl (C=O) groups is 2. The number of methoxy groups -OCH3 is 2. The third-order valence-electron chi connectivity index (χ3n) is 5.39. The Morgan fingerprint density at radius 2 is 1.69 bits per heavy atom. The van der Waals surface area contributed by atoms with Crippen molar-refractivity contribution in [2.45, 2.75) is 33.4 Å². The van der Waals surface area contributed by atoms with Crippen molar-refractivity contribution in [1.82, 2.24) is 9.88 Å². The van der Waals surface area contributed by atoms with E-state index in [9.17, 15) is 14.0 Å². The minimum Gasteiger partial charge on any atom is -0.493 e. The van der Waals surface area contributed by atoms with Gasteiger partial charge in [0.15, 0.2) is 17.3 Å². The highest BCUT2D eigenvalue weighted by Crippen LogP contribution is 2.28. The molecule has 0 unspecified atom stereocenters. The van der Waals surface area contributed by atoms with E-state index in [0.717, 1.165) is 22.5 Å². The van der Waals surface area contributed by atoms with E-state index < -0.39 is 0 Å². The van der Waals surface area contributed by atoms with Gasteiger partial charge in [0.1, 0.15) is 5.82 Å². The Morgan fingerprint density at radius 1 is 1.00 bits per heavy atom. The van der Waals surface area contributed by atoms with Gasteiger partial charge in [-0.1, -0.05) is 6.07 Å². The van der Waals surface area contributed by atoms with E-state index in [1.54, 1.807) is 38.5 Å². The molecule has 0 spiro atoms. The largest absolute Gasteiger partial charge is 0.493 e. The van der Waals surface area contributed by atoms with Gasteiger partial charge in [-0.15, -0.1) is 0 Å². The van der Waals surface area contributed by atoms with Crippen molar-refractivity contribution in [2.75, 3.05) is 14.2 Å². The van der Waals surface area contributed by atoms with E-state index in [1.807, 2.05) is 23.6 Å². The summed E-state index contributed by atoms with van der Waals surface area (Å²) in [6.07, 6.45) is 0.231. The lowest BCUT2D eigenvalue weighted by atomic mass is 10.1. The number of nitrogens with zero attached hydrogens (tertiary/aromatic N) is 1. The SMILES string of the molecule is COc1ccc(CNC(=O)CCn2c(-c3ccc(F)cc3)cc(C(C)=O)c2C)cc1OC. The van der Waals surface area contributed by atoms with Crippen molar-refractivity contribution < 1.29 is 23.5 Å². The summed E-state index contributed by atoms with van der Waals surface area (Å²) in [5.74, 6) is 0.720. The standard InChI is InChI=1S/C25H27FN2O4/c1-16-21(17(2)29)14-22(19-6-8-20(26)9-7-19)28(16)12-11-25(30)27-15-18-5-10-23(31-3)24(13-18)32-4/h5-10,13-14H,11-12,15H2,1-4H3,(H,27,30). The van der Waals surface area contributed by atoms with Crippen molar-refractivity contribution in [2.24, 2.45) is 0 Å². The molecule has 0 aliphatic rings. The molecule has 0 aliphatic heterocycles. The van der Waals surface area contributed by atoms with Crippen LogP contribution in [0.1, 0.15) is 35.0 Å². The minimum absolute atomic E-state index is 0.0532. The summed E-state index contributed by atoms with van der Waals surface area (Å²) in [7, 11) is 3.13. The summed E-state index contributed by atoms with van der Waals surface area (Å²) >= 11 is 0. The molecule has 1 N–H and O–H groups in total. The van der Waals surface area contributed by atoms with Crippen LogP contribution in [0, 0.1) is 12.7 Å². The molecule has 0 aliphatic carbocycles. The van der Waals surface area contributed by atoms with E-state index in [1.165, 1.54) is 19.1 Å². The first-order chi connectivity index (χ1) is 15.3. The van der Waals surface area contributed by atoms with Crippen LogP contribution in [0.25, 0.3) is 11.3 Å². The molecule has 0 saturated heterocycles. The molecule has 1 heterocycles. The maximum Gasteiger partial charge on any atom is 0.222 e. The molecule has 1 aromatic heterocycles. The van der Waals surface area contributed by atoms with Crippen LogP contribution in [0.3, 0.4) is 0 Å². The lowest BCUT2D eigenvalue weighted by Crippen LogP contribution is -2.24. The molecule has 7 heteroatoms. The van der Waals surface area contributed by atoms with Crippen LogP contribution in [-0.2, 0) is 17.9 Å². The molecule has 2 aromatic carbocycles. The van der Waals surface area contributed by atoms with Crippen molar-refractivity contribution in [3.8, 4) is 22.8 Å². The zero-order valence-corrected chi connectivity index (χ0v) is 18.7. The molecule has 1 amide bonds.